The van der Waals surface area contributed by atoms with E-state index in [1.54, 1.807) is 19.1 Å². The molecule has 6 heteroatoms. The van der Waals surface area contributed by atoms with Crippen molar-refractivity contribution in [2.75, 3.05) is 18.8 Å². The van der Waals surface area contributed by atoms with Gasteiger partial charge in [0.05, 0.1) is 17.3 Å². The van der Waals surface area contributed by atoms with Crippen LogP contribution in [0.5, 0.6) is 0 Å². The maximum atomic E-state index is 12.0. The van der Waals surface area contributed by atoms with E-state index < -0.39 is 5.91 Å². The molecule has 0 saturated carbocycles. The highest BCUT2D eigenvalue weighted by atomic mass is 35.5. The highest BCUT2D eigenvalue weighted by Gasteiger charge is 2.16. The van der Waals surface area contributed by atoms with E-state index in [0.29, 0.717) is 22.8 Å². The van der Waals surface area contributed by atoms with Crippen molar-refractivity contribution < 1.29 is 9.59 Å². The molecule has 0 aromatic heterocycles. The summed E-state index contributed by atoms with van der Waals surface area (Å²) < 4.78 is 0. The molecule has 2 amide bonds. The molecular weight excluding hydrogens is 242 g/mol. The first-order chi connectivity index (χ1) is 7.95. The van der Waals surface area contributed by atoms with Crippen LogP contribution in [0.3, 0.4) is 0 Å². The molecule has 0 bridgehead atoms. The molecule has 0 radical (unpaired) electrons. The van der Waals surface area contributed by atoms with E-state index in [1.807, 2.05) is 0 Å². The van der Waals surface area contributed by atoms with Gasteiger partial charge in [-0.05, 0) is 25.1 Å². The first-order valence-electron chi connectivity index (χ1n) is 5.08. The van der Waals surface area contributed by atoms with Crippen LogP contribution in [-0.2, 0) is 4.79 Å². The van der Waals surface area contributed by atoms with E-state index in [9.17, 15) is 9.59 Å². The Balaban J connectivity index is 2.93. The molecule has 1 aromatic carbocycles. The van der Waals surface area contributed by atoms with E-state index in [2.05, 4.69) is 0 Å². The summed E-state index contributed by atoms with van der Waals surface area (Å²) in [7, 11) is 0. The van der Waals surface area contributed by atoms with Gasteiger partial charge < -0.3 is 16.4 Å². The minimum absolute atomic E-state index is 0.114. The Bertz CT molecular complexity index is 448. The zero-order chi connectivity index (χ0) is 13.0. The molecule has 4 N–H and O–H groups in total. The lowest BCUT2D eigenvalue weighted by Crippen LogP contribution is -2.38. The number of nitrogens with zero attached hydrogens (tertiary/aromatic N) is 1. The van der Waals surface area contributed by atoms with Crippen LogP contribution in [0, 0.1) is 0 Å². The summed E-state index contributed by atoms with van der Waals surface area (Å²) in [6, 6.07) is 4.59. The predicted molar refractivity (Wildman–Crippen MR) is 66.6 cm³/mol. The van der Waals surface area contributed by atoms with Gasteiger partial charge in [-0.3, -0.25) is 9.59 Å². The maximum absolute atomic E-state index is 12.0. The Morgan fingerprint density at radius 3 is 2.53 bits per heavy atom. The first kappa shape index (κ1) is 13.3. The highest BCUT2D eigenvalue weighted by molar-refractivity contribution is 6.33. The van der Waals surface area contributed by atoms with Crippen molar-refractivity contribution in [3.05, 3.63) is 28.8 Å². The van der Waals surface area contributed by atoms with Crippen molar-refractivity contribution in [2.45, 2.75) is 6.92 Å². The number of carbonyl (C=O) groups excluding carboxylic acids is 2. The van der Waals surface area contributed by atoms with Crippen LogP contribution in [-0.4, -0.2) is 29.8 Å². The number of nitrogen functional groups attached to an aromatic ring is 1. The van der Waals surface area contributed by atoms with Crippen LogP contribution in [0.25, 0.3) is 0 Å². The lowest BCUT2D eigenvalue weighted by atomic mass is 10.2. The van der Waals surface area contributed by atoms with Gasteiger partial charge in [0.2, 0.25) is 5.91 Å². The minimum Gasteiger partial charge on any atom is -0.398 e. The fraction of sp³-hybridized carbons (Fsp3) is 0.273. The van der Waals surface area contributed by atoms with Gasteiger partial charge in [-0.15, -0.1) is 0 Å². The molecular formula is C11H14ClN3O2. The molecule has 17 heavy (non-hydrogen) atoms. The second kappa shape index (κ2) is 5.54. The van der Waals surface area contributed by atoms with Gasteiger partial charge in [-0.25, -0.2) is 0 Å². The Kier molecular flexibility index (Phi) is 4.34. The van der Waals surface area contributed by atoms with Gasteiger partial charge in [-0.1, -0.05) is 11.6 Å². The van der Waals surface area contributed by atoms with E-state index in [0.717, 1.165) is 0 Å². The van der Waals surface area contributed by atoms with Crippen molar-refractivity contribution in [1.29, 1.82) is 0 Å². The van der Waals surface area contributed by atoms with E-state index in [-0.39, 0.29) is 12.5 Å². The molecule has 92 valence electrons. The van der Waals surface area contributed by atoms with Crippen LogP contribution < -0.4 is 11.5 Å². The third-order valence-electron chi connectivity index (χ3n) is 2.26. The summed E-state index contributed by atoms with van der Waals surface area (Å²) in [4.78, 5) is 24.1. The number of amides is 2. The summed E-state index contributed by atoms with van der Waals surface area (Å²) in [5.74, 6) is -0.852. The second-order valence-corrected chi connectivity index (χ2v) is 3.93. The van der Waals surface area contributed by atoms with Gasteiger partial charge in [0.1, 0.15) is 0 Å². The molecule has 0 saturated heterocycles. The number of rotatable bonds is 4. The average Bonchev–Trinajstić information content (AvgIpc) is 2.28. The topological polar surface area (TPSA) is 89.4 Å². The average molecular weight is 256 g/mol. The zero-order valence-electron chi connectivity index (χ0n) is 9.44. The predicted octanol–water partition coefficient (Wildman–Crippen LogP) is 0.870. The second-order valence-electron chi connectivity index (χ2n) is 3.52. The number of anilines is 1. The van der Waals surface area contributed by atoms with Crippen molar-refractivity contribution in [2.24, 2.45) is 5.73 Å². The molecule has 1 aromatic rings. The van der Waals surface area contributed by atoms with Gasteiger partial charge in [0, 0.05) is 12.1 Å². The van der Waals surface area contributed by atoms with Gasteiger partial charge in [0.15, 0.2) is 0 Å². The normalized spacial score (nSPS) is 10.0. The van der Waals surface area contributed by atoms with Crippen molar-refractivity contribution >= 4 is 29.1 Å². The third kappa shape index (κ3) is 3.35. The monoisotopic (exact) mass is 255 g/mol. The van der Waals surface area contributed by atoms with Crippen LogP contribution in [0.1, 0.15) is 17.3 Å². The molecule has 0 aliphatic heterocycles. The van der Waals surface area contributed by atoms with Crippen molar-refractivity contribution in [3.63, 3.8) is 0 Å². The largest absolute Gasteiger partial charge is 0.398 e. The molecule has 0 spiro atoms. The summed E-state index contributed by atoms with van der Waals surface area (Å²) >= 11 is 5.82. The molecule has 0 heterocycles. The van der Waals surface area contributed by atoms with E-state index in [1.165, 1.54) is 11.0 Å². The molecule has 0 atom stereocenters. The van der Waals surface area contributed by atoms with Crippen molar-refractivity contribution in [1.82, 2.24) is 4.90 Å². The lowest BCUT2D eigenvalue weighted by molar-refractivity contribution is -0.118. The number of nitrogens with two attached hydrogens (primary N) is 2. The van der Waals surface area contributed by atoms with Crippen LogP contribution >= 0.6 is 11.6 Å². The summed E-state index contributed by atoms with van der Waals surface area (Å²) in [6.45, 7) is 2.04. The molecule has 1 rings (SSSR count). The SMILES string of the molecule is CCN(CC(N)=O)C(=O)c1ccc(N)c(Cl)c1. The number of primary amides is 1. The number of carbonyl (C=O) groups is 2. The minimum atomic E-state index is -0.554. The van der Waals surface area contributed by atoms with Crippen LogP contribution in [0.2, 0.25) is 5.02 Å². The molecule has 0 fully saturated rings. The molecule has 5 nitrogen and oxygen atoms in total. The van der Waals surface area contributed by atoms with E-state index in [4.69, 9.17) is 23.1 Å². The molecule has 0 aliphatic rings. The Hall–Kier alpha value is -1.75. The van der Waals surface area contributed by atoms with Crippen LogP contribution in [0.4, 0.5) is 5.69 Å². The van der Waals surface area contributed by atoms with E-state index >= 15 is 0 Å². The number of likely N-dealkylation sites (N-methyl/N-ethyl adjacent to an activating group) is 1. The number of hydrogen-bond donors (Lipinski definition) is 2. The molecule has 0 aliphatic carbocycles. The third-order valence-corrected chi connectivity index (χ3v) is 2.59. The quantitative estimate of drug-likeness (QED) is 0.783. The van der Waals surface area contributed by atoms with Crippen LogP contribution in [0.15, 0.2) is 18.2 Å². The number of benzene rings is 1. The zero-order valence-corrected chi connectivity index (χ0v) is 10.2. The Morgan fingerprint density at radius 2 is 2.06 bits per heavy atom. The standard InChI is InChI=1S/C11H14ClN3O2/c1-2-15(6-10(14)16)11(17)7-3-4-9(13)8(12)5-7/h3-5H,2,6,13H2,1H3,(H2,14,16). The smallest absolute Gasteiger partial charge is 0.254 e. The summed E-state index contributed by atoms with van der Waals surface area (Å²) in [5.41, 5.74) is 11.4. The fourth-order valence-corrected chi connectivity index (χ4v) is 1.54. The van der Waals surface area contributed by atoms with Gasteiger partial charge >= 0.3 is 0 Å². The molecule has 0 unspecified atom stereocenters. The summed E-state index contributed by atoms with van der Waals surface area (Å²) in [6.07, 6.45) is 0. The van der Waals surface area contributed by atoms with Gasteiger partial charge in [0.25, 0.3) is 5.91 Å². The Morgan fingerprint density at radius 1 is 1.41 bits per heavy atom. The number of hydrogen-bond acceptors (Lipinski definition) is 3. The Labute approximate surface area is 104 Å². The van der Waals surface area contributed by atoms with Gasteiger partial charge in [-0.2, -0.15) is 0 Å². The number of halogens is 1. The first-order valence-corrected chi connectivity index (χ1v) is 5.46. The lowest BCUT2D eigenvalue weighted by Gasteiger charge is -2.19. The van der Waals surface area contributed by atoms with Crippen molar-refractivity contribution in [3.8, 4) is 0 Å². The fourth-order valence-electron chi connectivity index (χ4n) is 1.36. The summed E-state index contributed by atoms with van der Waals surface area (Å²) in [5, 5.41) is 0.311. The maximum Gasteiger partial charge on any atom is 0.254 e. The highest BCUT2D eigenvalue weighted by Crippen LogP contribution is 2.20.